The van der Waals surface area contributed by atoms with E-state index < -0.39 is 0 Å². The Morgan fingerprint density at radius 1 is 1.32 bits per heavy atom. The lowest BCUT2D eigenvalue weighted by molar-refractivity contribution is -0.161. The van der Waals surface area contributed by atoms with E-state index in [1.807, 2.05) is 20.8 Å². The number of ether oxygens (including phenoxy) is 2. The van der Waals surface area contributed by atoms with Crippen LogP contribution in [0.1, 0.15) is 66.7 Å². The zero-order valence-electron chi connectivity index (χ0n) is 14.6. The van der Waals surface area contributed by atoms with Gasteiger partial charge in [-0.2, -0.15) is 0 Å². The Morgan fingerprint density at radius 3 is 2.64 bits per heavy atom. The first-order valence-corrected chi connectivity index (χ1v) is 8.65. The van der Waals surface area contributed by atoms with Crippen LogP contribution in [0.4, 0.5) is 0 Å². The fourth-order valence-electron chi connectivity index (χ4n) is 4.06. The van der Waals surface area contributed by atoms with Crippen LogP contribution in [0.5, 0.6) is 0 Å². The van der Waals surface area contributed by atoms with Crippen LogP contribution in [0.3, 0.4) is 0 Å². The Labute approximate surface area is 133 Å². The molecule has 0 spiro atoms. The smallest absolute Gasteiger partial charge is 0.310 e. The Bertz CT molecular complexity index is 431. The maximum Gasteiger partial charge on any atom is 0.310 e. The van der Waals surface area contributed by atoms with Crippen molar-refractivity contribution in [1.82, 2.24) is 0 Å². The molecular formula is C18H30O4. The molecule has 126 valence electrons. The first kappa shape index (κ1) is 17.3. The van der Waals surface area contributed by atoms with Gasteiger partial charge in [0.15, 0.2) is 0 Å². The molecule has 2 fully saturated rings. The Hall–Kier alpha value is -1.06. The molecule has 2 rings (SSSR count). The standard InChI is InChI=1S/C18H30O4/c1-11(2)7-6-8-13(4)21-17(20)15-12(3)9-18(5)10-14(15)16(19)22-18/h11-15H,6-10H2,1-5H3/t12-,13-,14+,15+,18-/m0/s1. The highest BCUT2D eigenvalue weighted by molar-refractivity contribution is 5.84. The number of rotatable bonds is 6. The van der Waals surface area contributed by atoms with Crippen molar-refractivity contribution in [3.8, 4) is 0 Å². The Balaban J connectivity index is 1.90. The van der Waals surface area contributed by atoms with Crippen LogP contribution >= 0.6 is 0 Å². The third kappa shape index (κ3) is 3.82. The lowest BCUT2D eigenvalue weighted by Gasteiger charge is -2.35. The number of carbonyl (C=O) groups excluding carboxylic acids is 2. The van der Waals surface area contributed by atoms with Crippen molar-refractivity contribution in [3.05, 3.63) is 0 Å². The summed E-state index contributed by atoms with van der Waals surface area (Å²) in [4.78, 5) is 24.5. The summed E-state index contributed by atoms with van der Waals surface area (Å²) < 4.78 is 11.1. The third-order valence-electron chi connectivity index (χ3n) is 5.08. The predicted octanol–water partition coefficient (Wildman–Crippen LogP) is 3.72. The summed E-state index contributed by atoms with van der Waals surface area (Å²) in [5.41, 5.74) is -0.374. The highest BCUT2D eigenvalue weighted by Crippen LogP contribution is 2.48. The van der Waals surface area contributed by atoms with Gasteiger partial charge >= 0.3 is 11.9 Å². The van der Waals surface area contributed by atoms with Gasteiger partial charge in [-0.3, -0.25) is 9.59 Å². The first-order valence-electron chi connectivity index (χ1n) is 8.65. The van der Waals surface area contributed by atoms with Gasteiger partial charge in [-0.15, -0.1) is 0 Å². The fraction of sp³-hybridized carbons (Fsp3) is 0.889. The Morgan fingerprint density at radius 2 is 2.00 bits per heavy atom. The molecule has 22 heavy (non-hydrogen) atoms. The average Bonchev–Trinajstić information content (AvgIpc) is 2.58. The number of hydrogen-bond donors (Lipinski definition) is 0. The molecule has 0 aromatic carbocycles. The lowest BCUT2D eigenvalue weighted by Crippen LogP contribution is -2.41. The molecule has 5 atom stereocenters. The van der Waals surface area contributed by atoms with Gasteiger partial charge in [-0.1, -0.05) is 27.2 Å². The monoisotopic (exact) mass is 310 g/mol. The molecular weight excluding hydrogens is 280 g/mol. The second kappa shape index (κ2) is 6.59. The van der Waals surface area contributed by atoms with Crippen LogP contribution in [0.25, 0.3) is 0 Å². The van der Waals surface area contributed by atoms with Crippen LogP contribution in [0.15, 0.2) is 0 Å². The van der Waals surface area contributed by atoms with Gasteiger partial charge in [-0.25, -0.2) is 0 Å². The molecule has 0 radical (unpaired) electrons. The second-order valence-electron chi connectivity index (χ2n) is 7.96. The van der Waals surface area contributed by atoms with Crippen molar-refractivity contribution in [3.63, 3.8) is 0 Å². The summed E-state index contributed by atoms with van der Waals surface area (Å²) in [7, 11) is 0. The van der Waals surface area contributed by atoms with E-state index in [-0.39, 0.29) is 41.4 Å². The zero-order chi connectivity index (χ0) is 16.5. The van der Waals surface area contributed by atoms with E-state index in [0.717, 1.165) is 25.7 Å². The highest BCUT2D eigenvalue weighted by atomic mass is 16.6. The van der Waals surface area contributed by atoms with Gasteiger partial charge in [0.25, 0.3) is 0 Å². The van der Waals surface area contributed by atoms with E-state index >= 15 is 0 Å². The Kier molecular flexibility index (Phi) is 5.18. The maximum absolute atomic E-state index is 12.5. The summed E-state index contributed by atoms with van der Waals surface area (Å²) in [5.74, 6) is -0.283. The topological polar surface area (TPSA) is 52.6 Å². The van der Waals surface area contributed by atoms with Gasteiger partial charge in [0, 0.05) is 6.42 Å². The molecule has 0 amide bonds. The molecule has 2 aliphatic rings. The van der Waals surface area contributed by atoms with Crippen LogP contribution in [-0.4, -0.2) is 23.6 Å². The van der Waals surface area contributed by atoms with Crippen molar-refractivity contribution >= 4 is 11.9 Å². The van der Waals surface area contributed by atoms with Crippen LogP contribution in [0, 0.1) is 23.7 Å². The van der Waals surface area contributed by atoms with Gasteiger partial charge in [0.05, 0.1) is 17.9 Å². The number of carbonyl (C=O) groups is 2. The second-order valence-corrected chi connectivity index (χ2v) is 7.96. The molecule has 0 aromatic rings. The summed E-state index contributed by atoms with van der Waals surface area (Å²) in [6.07, 6.45) is 4.42. The third-order valence-corrected chi connectivity index (χ3v) is 5.08. The minimum atomic E-state index is -0.374. The lowest BCUT2D eigenvalue weighted by atomic mass is 9.69. The molecule has 2 bridgehead atoms. The van der Waals surface area contributed by atoms with Crippen molar-refractivity contribution < 1.29 is 19.1 Å². The van der Waals surface area contributed by atoms with E-state index in [4.69, 9.17) is 9.47 Å². The van der Waals surface area contributed by atoms with Crippen molar-refractivity contribution in [2.45, 2.75) is 78.4 Å². The van der Waals surface area contributed by atoms with E-state index in [0.29, 0.717) is 12.3 Å². The predicted molar refractivity (Wildman–Crippen MR) is 84.1 cm³/mol. The van der Waals surface area contributed by atoms with E-state index in [1.165, 1.54) is 0 Å². The summed E-state index contributed by atoms with van der Waals surface area (Å²) in [6.45, 7) is 10.3. The summed E-state index contributed by atoms with van der Waals surface area (Å²) in [6, 6.07) is 0. The van der Waals surface area contributed by atoms with Gasteiger partial charge in [-0.05, 0) is 44.9 Å². The van der Waals surface area contributed by atoms with E-state index in [1.54, 1.807) is 0 Å². The molecule has 1 aliphatic carbocycles. The molecule has 4 heteroatoms. The number of hydrogen-bond acceptors (Lipinski definition) is 4. The van der Waals surface area contributed by atoms with Crippen LogP contribution in [-0.2, 0) is 19.1 Å². The molecule has 0 N–H and O–H groups in total. The molecule has 1 saturated heterocycles. The first-order chi connectivity index (χ1) is 10.2. The average molecular weight is 310 g/mol. The minimum absolute atomic E-state index is 0.0795. The van der Waals surface area contributed by atoms with Crippen molar-refractivity contribution in [1.29, 1.82) is 0 Å². The quantitative estimate of drug-likeness (QED) is 0.702. The van der Waals surface area contributed by atoms with Crippen molar-refractivity contribution in [2.24, 2.45) is 23.7 Å². The van der Waals surface area contributed by atoms with Gasteiger partial charge in [0.1, 0.15) is 5.60 Å². The molecule has 1 heterocycles. The largest absolute Gasteiger partial charge is 0.462 e. The van der Waals surface area contributed by atoms with Gasteiger partial charge < -0.3 is 9.47 Å². The minimum Gasteiger partial charge on any atom is -0.462 e. The highest BCUT2D eigenvalue weighted by Gasteiger charge is 2.56. The molecule has 0 unspecified atom stereocenters. The van der Waals surface area contributed by atoms with E-state index in [9.17, 15) is 9.59 Å². The van der Waals surface area contributed by atoms with Gasteiger partial charge in [0.2, 0.25) is 0 Å². The van der Waals surface area contributed by atoms with E-state index in [2.05, 4.69) is 13.8 Å². The van der Waals surface area contributed by atoms with Crippen LogP contribution in [0.2, 0.25) is 0 Å². The fourth-order valence-corrected chi connectivity index (χ4v) is 4.06. The summed E-state index contributed by atoms with van der Waals surface area (Å²) >= 11 is 0. The summed E-state index contributed by atoms with van der Waals surface area (Å²) in [5, 5.41) is 0. The maximum atomic E-state index is 12.5. The zero-order valence-corrected chi connectivity index (χ0v) is 14.6. The normalized spacial score (nSPS) is 35.4. The molecule has 4 nitrogen and oxygen atoms in total. The van der Waals surface area contributed by atoms with Crippen LogP contribution < -0.4 is 0 Å². The number of esters is 2. The number of fused-ring (bicyclic) bond motifs is 2. The molecule has 1 aliphatic heterocycles. The molecule has 1 saturated carbocycles. The molecule has 0 aromatic heterocycles. The SMILES string of the molecule is CC(C)CCC[C@H](C)OC(=O)[C@@H]1[C@@H](C)C[C@@]2(C)C[C@H]1C(=O)O2. The van der Waals surface area contributed by atoms with Crippen molar-refractivity contribution in [2.75, 3.05) is 0 Å².